The van der Waals surface area contributed by atoms with Crippen molar-refractivity contribution in [2.24, 2.45) is 0 Å². The monoisotopic (exact) mass is 554 g/mol. The lowest BCUT2D eigenvalue weighted by Crippen LogP contribution is -2.42. The maximum atomic E-state index is 13.1. The highest BCUT2D eigenvalue weighted by Crippen LogP contribution is 2.37. The van der Waals surface area contributed by atoms with E-state index < -0.39 is 29.4 Å². The summed E-state index contributed by atoms with van der Waals surface area (Å²) in [6.45, 7) is 3.30. The van der Waals surface area contributed by atoms with E-state index in [9.17, 15) is 19.5 Å². The second-order valence-corrected chi connectivity index (χ2v) is 9.55. The summed E-state index contributed by atoms with van der Waals surface area (Å²) in [5.74, 6) is -1.54. The molecule has 2 amide bonds. The van der Waals surface area contributed by atoms with Crippen molar-refractivity contribution in [2.75, 3.05) is 17.2 Å². The number of nitrogens with zero attached hydrogens (tertiary/aromatic N) is 4. The molecule has 0 fully saturated rings. The third-order valence-electron chi connectivity index (χ3n) is 6.32. The smallest absolute Gasteiger partial charge is 0.339 e. The van der Waals surface area contributed by atoms with E-state index in [0.717, 1.165) is 5.56 Å². The van der Waals surface area contributed by atoms with Crippen LogP contribution in [0.1, 0.15) is 62.2 Å². The Labute approximate surface area is 234 Å². The lowest BCUT2D eigenvalue weighted by atomic mass is 9.95. The predicted octanol–water partition coefficient (Wildman–Crippen LogP) is 2.64. The molecule has 1 atom stereocenters. The molecule has 4 aromatic rings. The van der Waals surface area contributed by atoms with Crippen molar-refractivity contribution in [3.63, 3.8) is 0 Å². The Morgan fingerprint density at radius 1 is 1.02 bits per heavy atom. The molecule has 5 rings (SSSR count). The van der Waals surface area contributed by atoms with Crippen molar-refractivity contribution in [3.05, 3.63) is 101 Å². The number of carbonyl (C=O) groups excluding carboxylic acids is 3. The van der Waals surface area contributed by atoms with Crippen LogP contribution in [0.5, 0.6) is 0 Å². The summed E-state index contributed by atoms with van der Waals surface area (Å²) in [6, 6.07) is 16.7. The molecular formula is C28H26N8O5. The van der Waals surface area contributed by atoms with Gasteiger partial charge in [0.05, 0.1) is 18.2 Å². The maximum absolute atomic E-state index is 13.1. The summed E-state index contributed by atoms with van der Waals surface area (Å²) in [6.07, 6.45) is 2.70. The Morgan fingerprint density at radius 2 is 1.80 bits per heavy atom. The summed E-state index contributed by atoms with van der Waals surface area (Å²) in [4.78, 5) is 46.3. The molecule has 0 saturated carbocycles. The zero-order chi connectivity index (χ0) is 29.0. The molecule has 13 nitrogen and oxygen atoms in total. The lowest BCUT2D eigenvalue weighted by molar-refractivity contribution is 0.00952. The van der Waals surface area contributed by atoms with E-state index in [2.05, 4.69) is 41.7 Å². The normalized spacial score (nSPS) is 13.9. The van der Waals surface area contributed by atoms with E-state index in [1.165, 1.54) is 24.5 Å². The topological polar surface area (TPSA) is 180 Å². The van der Waals surface area contributed by atoms with E-state index >= 15 is 0 Å². The number of rotatable bonds is 8. The second-order valence-electron chi connectivity index (χ2n) is 9.55. The number of esters is 1. The van der Waals surface area contributed by atoms with Gasteiger partial charge in [-0.25, -0.2) is 9.78 Å². The molecular weight excluding hydrogens is 528 g/mol. The van der Waals surface area contributed by atoms with Gasteiger partial charge in [0.15, 0.2) is 5.69 Å². The molecule has 208 valence electrons. The van der Waals surface area contributed by atoms with E-state index in [-0.39, 0.29) is 29.6 Å². The first-order chi connectivity index (χ1) is 19.7. The number of fused-ring (bicyclic) bond motifs is 1. The van der Waals surface area contributed by atoms with Crippen LogP contribution in [0.3, 0.4) is 0 Å². The first-order valence-corrected chi connectivity index (χ1v) is 12.6. The van der Waals surface area contributed by atoms with Crippen molar-refractivity contribution < 1.29 is 24.2 Å². The first-order valence-electron chi connectivity index (χ1n) is 12.6. The van der Waals surface area contributed by atoms with E-state index in [4.69, 9.17) is 4.74 Å². The van der Waals surface area contributed by atoms with Crippen LogP contribution in [-0.4, -0.2) is 49.7 Å². The number of nitrogens with one attached hydrogen (secondary N) is 4. The Kier molecular flexibility index (Phi) is 7.52. The van der Waals surface area contributed by atoms with Gasteiger partial charge in [-0.15, -0.1) is 5.10 Å². The van der Waals surface area contributed by atoms with Gasteiger partial charge in [0.2, 0.25) is 5.95 Å². The molecule has 0 bridgehead atoms. The number of hydrazine groups is 1. The molecule has 1 aliphatic heterocycles. The largest absolute Gasteiger partial charge is 0.451 e. The highest BCUT2D eigenvalue weighted by atomic mass is 16.6. The van der Waals surface area contributed by atoms with Crippen LogP contribution < -0.4 is 21.5 Å². The Morgan fingerprint density at radius 3 is 2.54 bits per heavy atom. The lowest BCUT2D eigenvalue weighted by Gasteiger charge is -2.20. The van der Waals surface area contributed by atoms with E-state index in [1.54, 1.807) is 32.0 Å². The van der Waals surface area contributed by atoms with Gasteiger partial charge in [0, 0.05) is 23.6 Å². The average molecular weight is 555 g/mol. The Hall–Kier alpha value is -5.43. The first kappa shape index (κ1) is 27.1. The molecule has 1 aliphatic rings. The molecule has 2 aromatic carbocycles. The SMILES string of the molecule is CC1(C)OC(=O)c2ccc(Nc3ncc(C(=O)NNC(=O)c4cccnn4)c(NC(CO)c4ccccc4)n3)cc21. The number of ether oxygens (including phenoxy) is 1. The zero-order valence-corrected chi connectivity index (χ0v) is 22.1. The molecule has 41 heavy (non-hydrogen) atoms. The molecule has 3 heterocycles. The summed E-state index contributed by atoms with van der Waals surface area (Å²) >= 11 is 0. The number of amides is 2. The number of anilines is 3. The maximum Gasteiger partial charge on any atom is 0.339 e. The van der Waals surface area contributed by atoms with Crippen LogP contribution in [0.4, 0.5) is 17.5 Å². The van der Waals surface area contributed by atoms with Crippen molar-refractivity contribution in [3.8, 4) is 0 Å². The minimum atomic E-state index is -0.792. The minimum Gasteiger partial charge on any atom is -0.451 e. The van der Waals surface area contributed by atoms with Gasteiger partial charge in [-0.2, -0.15) is 10.1 Å². The van der Waals surface area contributed by atoms with Gasteiger partial charge in [0.25, 0.3) is 11.8 Å². The zero-order valence-electron chi connectivity index (χ0n) is 22.1. The van der Waals surface area contributed by atoms with E-state index in [1.807, 2.05) is 30.3 Å². The summed E-state index contributed by atoms with van der Waals surface area (Å²) in [5.41, 5.74) is 6.37. The Bertz CT molecular complexity index is 1600. The summed E-state index contributed by atoms with van der Waals surface area (Å²) in [7, 11) is 0. The van der Waals surface area contributed by atoms with Crippen molar-refractivity contribution >= 4 is 35.2 Å². The van der Waals surface area contributed by atoms with E-state index in [0.29, 0.717) is 16.8 Å². The van der Waals surface area contributed by atoms with Crippen molar-refractivity contribution in [1.82, 2.24) is 31.0 Å². The number of cyclic esters (lactones) is 1. The highest BCUT2D eigenvalue weighted by Gasteiger charge is 2.37. The van der Waals surface area contributed by atoms with Crippen LogP contribution in [-0.2, 0) is 10.3 Å². The number of carbonyl (C=O) groups is 3. The van der Waals surface area contributed by atoms with Crippen LogP contribution in [0, 0.1) is 0 Å². The molecule has 2 aromatic heterocycles. The molecule has 0 radical (unpaired) electrons. The fourth-order valence-corrected chi connectivity index (χ4v) is 4.24. The number of aliphatic hydroxyl groups is 1. The molecule has 0 saturated heterocycles. The van der Waals surface area contributed by atoms with Gasteiger partial charge < -0.3 is 20.5 Å². The number of aromatic nitrogens is 4. The van der Waals surface area contributed by atoms with Crippen LogP contribution in [0.15, 0.2) is 73.1 Å². The van der Waals surface area contributed by atoms with Crippen LogP contribution >= 0.6 is 0 Å². The summed E-state index contributed by atoms with van der Waals surface area (Å²) in [5, 5.41) is 23.6. The van der Waals surface area contributed by atoms with Gasteiger partial charge in [-0.05, 0) is 49.7 Å². The van der Waals surface area contributed by atoms with Gasteiger partial charge in [0.1, 0.15) is 17.0 Å². The number of hydrogen-bond acceptors (Lipinski definition) is 11. The quantitative estimate of drug-likeness (QED) is 0.160. The Balaban J connectivity index is 1.42. The van der Waals surface area contributed by atoms with Crippen molar-refractivity contribution in [1.29, 1.82) is 0 Å². The fraction of sp³-hybridized carbons (Fsp3) is 0.179. The predicted molar refractivity (Wildman–Crippen MR) is 147 cm³/mol. The molecule has 0 spiro atoms. The summed E-state index contributed by atoms with van der Waals surface area (Å²) < 4.78 is 5.44. The molecule has 13 heteroatoms. The van der Waals surface area contributed by atoms with Gasteiger partial charge >= 0.3 is 5.97 Å². The fourth-order valence-electron chi connectivity index (χ4n) is 4.24. The highest BCUT2D eigenvalue weighted by molar-refractivity contribution is 6.01. The van der Waals surface area contributed by atoms with Gasteiger partial charge in [-0.1, -0.05) is 30.3 Å². The number of benzene rings is 2. The average Bonchev–Trinajstić information content (AvgIpc) is 3.22. The second kappa shape index (κ2) is 11.4. The third-order valence-corrected chi connectivity index (χ3v) is 6.32. The number of aliphatic hydroxyl groups excluding tert-OH is 1. The van der Waals surface area contributed by atoms with Crippen molar-refractivity contribution in [2.45, 2.75) is 25.5 Å². The minimum absolute atomic E-state index is 0.00143. The van der Waals surface area contributed by atoms with Crippen LogP contribution in [0.2, 0.25) is 0 Å². The van der Waals surface area contributed by atoms with Gasteiger partial charge in [-0.3, -0.25) is 20.4 Å². The standard InChI is InChI=1S/C28H26N8O5/c1-28(2)20-13-17(10-11-18(20)26(40)41-28)31-27-29-14-19(24(38)35-36-25(39)21-9-6-12-30-34-21)23(33-27)32-22(15-37)16-7-4-3-5-8-16/h3-14,22,37H,15H2,1-2H3,(H,35,38)(H,36,39)(H2,29,31,32,33). The molecule has 0 aliphatic carbocycles. The van der Waals surface area contributed by atoms with Crippen LogP contribution in [0.25, 0.3) is 0 Å². The molecule has 5 N–H and O–H groups in total. The molecule has 1 unspecified atom stereocenters. The number of hydrogen-bond donors (Lipinski definition) is 5. The third kappa shape index (κ3) is 5.94.